The van der Waals surface area contributed by atoms with Crippen molar-refractivity contribution in [2.75, 3.05) is 4.72 Å². The maximum atomic E-state index is 12.1. The average Bonchev–Trinajstić information content (AvgIpc) is 2.78. The van der Waals surface area contributed by atoms with Crippen molar-refractivity contribution in [1.29, 1.82) is 0 Å². The largest absolute Gasteiger partial charge is 0.336 e. The van der Waals surface area contributed by atoms with Crippen LogP contribution in [0.1, 0.15) is 18.9 Å². The van der Waals surface area contributed by atoms with Crippen molar-refractivity contribution in [3.05, 3.63) is 42.4 Å². The van der Waals surface area contributed by atoms with E-state index >= 15 is 0 Å². The van der Waals surface area contributed by atoms with Crippen molar-refractivity contribution in [2.24, 2.45) is 0 Å². The van der Waals surface area contributed by atoms with E-state index in [4.69, 9.17) is 0 Å². The first-order valence-corrected chi connectivity index (χ1v) is 7.61. The number of sulfonamides is 1. The summed E-state index contributed by atoms with van der Waals surface area (Å²) >= 11 is 0. The van der Waals surface area contributed by atoms with Gasteiger partial charge in [0.2, 0.25) is 0 Å². The molecule has 19 heavy (non-hydrogen) atoms. The van der Waals surface area contributed by atoms with Crippen LogP contribution < -0.4 is 4.72 Å². The van der Waals surface area contributed by atoms with E-state index in [1.807, 2.05) is 26.0 Å². The van der Waals surface area contributed by atoms with Gasteiger partial charge in [-0.3, -0.25) is 4.72 Å². The zero-order chi connectivity index (χ0) is 13.9. The van der Waals surface area contributed by atoms with Gasteiger partial charge in [0, 0.05) is 18.4 Å². The predicted octanol–water partition coefficient (Wildman–Crippen LogP) is 2.40. The lowest BCUT2D eigenvalue weighted by Crippen LogP contribution is -2.13. The number of nitrogens with one attached hydrogen (secondary N) is 1. The standard InChI is InChI=1S/C13H17N3O2S/c1-3-7-16-9-13(14-10-16)19(17,18)15-12-6-4-5-11(2)8-12/h4-6,8-10,15H,3,7H2,1-2H3. The van der Waals surface area contributed by atoms with Crippen LogP contribution in [-0.4, -0.2) is 18.0 Å². The molecule has 0 aliphatic carbocycles. The molecule has 2 aromatic rings. The fraction of sp³-hybridized carbons (Fsp3) is 0.308. The molecule has 6 heteroatoms. The van der Waals surface area contributed by atoms with Crippen LogP contribution in [-0.2, 0) is 16.6 Å². The SMILES string of the molecule is CCCn1cnc(S(=O)(=O)Nc2cccc(C)c2)c1. The Morgan fingerprint density at radius 1 is 1.37 bits per heavy atom. The van der Waals surface area contributed by atoms with E-state index in [0.29, 0.717) is 5.69 Å². The monoisotopic (exact) mass is 279 g/mol. The molecule has 1 N–H and O–H groups in total. The molecule has 0 radical (unpaired) electrons. The third-order valence-electron chi connectivity index (χ3n) is 2.64. The number of anilines is 1. The molecule has 0 aliphatic heterocycles. The first kappa shape index (κ1) is 13.6. The van der Waals surface area contributed by atoms with Crippen LogP contribution in [0.4, 0.5) is 5.69 Å². The van der Waals surface area contributed by atoms with Gasteiger partial charge < -0.3 is 4.57 Å². The van der Waals surface area contributed by atoms with Crippen molar-refractivity contribution in [2.45, 2.75) is 31.8 Å². The summed E-state index contributed by atoms with van der Waals surface area (Å²) in [4.78, 5) is 3.94. The number of imidazole rings is 1. The Labute approximate surface area is 113 Å². The Kier molecular flexibility index (Phi) is 3.90. The zero-order valence-corrected chi connectivity index (χ0v) is 11.8. The number of nitrogens with zero attached hydrogens (tertiary/aromatic N) is 2. The Hall–Kier alpha value is -1.82. The molecule has 102 valence electrons. The normalized spacial score (nSPS) is 11.5. The van der Waals surface area contributed by atoms with Gasteiger partial charge in [0.15, 0.2) is 5.03 Å². The molecule has 2 rings (SSSR count). The van der Waals surface area contributed by atoms with Gasteiger partial charge in [0.1, 0.15) is 0 Å². The van der Waals surface area contributed by atoms with Crippen molar-refractivity contribution in [1.82, 2.24) is 9.55 Å². The summed E-state index contributed by atoms with van der Waals surface area (Å²) in [7, 11) is -3.61. The molecule has 0 fully saturated rings. The van der Waals surface area contributed by atoms with Gasteiger partial charge in [0.05, 0.1) is 6.33 Å². The minimum absolute atomic E-state index is 0.0439. The van der Waals surface area contributed by atoms with Crippen LogP contribution in [0.2, 0.25) is 0 Å². The first-order chi connectivity index (χ1) is 9.01. The minimum atomic E-state index is -3.61. The summed E-state index contributed by atoms with van der Waals surface area (Å²) in [5, 5.41) is 0.0439. The number of benzene rings is 1. The van der Waals surface area contributed by atoms with Gasteiger partial charge in [-0.05, 0) is 31.0 Å². The van der Waals surface area contributed by atoms with Gasteiger partial charge in [-0.1, -0.05) is 19.1 Å². The van der Waals surface area contributed by atoms with E-state index in [1.165, 1.54) is 6.33 Å². The highest BCUT2D eigenvalue weighted by molar-refractivity contribution is 7.92. The lowest BCUT2D eigenvalue weighted by molar-refractivity contribution is 0.597. The highest BCUT2D eigenvalue weighted by atomic mass is 32.2. The van der Waals surface area contributed by atoms with Gasteiger partial charge in [-0.2, -0.15) is 8.42 Å². The fourth-order valence-electron chi connectivity index (χ4n) is 1.77. The molecule has 5 nitrogen and oxygen atoms in total. The van der Waals surface area contributed by atoms with Crippen LogP contribution in [0.5, 0.6) is 0 Å². The van der Waals surface area contributed by atoms with E-state index in [9.17, 15) is 8.42 Å². The molecule has 0 spiro atoms. The Morgan fingerprint density at radius 2 is 2.16 bits per heavy atom. The summed E-state index contributed by atoms with van der Waals surface area (Å²) in [6.45, 7) is 4.69. The first-order valence-electron chi connectivity index (χ1n) is 6.12. The van der Waals surface area contributed by atoms with E-state index < -0.39 is 10.0 Å². The molecular weight excluding hydrogens is 262 g/mol. The number of aromatic nitrogens is 2. The Morgan fingerprint density at radius 3 is 2.84 bits per heavy atom. The number of rotatable bonds is 5. The smallest absolute Gasteiger partial charge is 0.280 e. The van der Waals surface area contributed by atoms with Crippen LogP contribution >= 0.6 is 0 Å². The molecule has 0 unspecified atom stereocenters. The van der Waals surface area contributed by atoms with Gasteiger partial charge in [-0.15, -0.1) is 0 Å². The summed E-state index contributed by atoms with van der Waals surface area (Å²) in [6, 6.07) is 7.21. The quantitative estimate of drug-likeness (QED) is 0.914. The molecule has 0 aliphatic rings. The third-order valence-corrected chi connectivity index (χ3v) is 3.90. The maximum absolute atomic E-state index is 12.1. The third kappa shape index (κ3) is 3.35. The molecule has 0 saturated carbocycles. The Bertz CT molecular complexity index is 662. The molecule has 0 saturated heterocycles. The maximum Gasteiger partial charge on any atom is 0.280 e. The summed E-state index contributed by atoms with van der Waals surface area (Å²) < 4.78 is 28.6. The summed E-state index contributed by atoms with van der Waals surface area (Å²) in [6.07, 6.45) is 4.01. The number of hydrogen-bond donors (Lipinski definition) is 1. The molecular formula is C13H17N3O2S. The van der Waals surface area contributed by atoms with Crippen molar-refractivity contribution in [3.8, 4) is 0 Å². The minimum Gasteiger partial charge on any atom is -0.336 e. The molecule has 1 heterocycles. The lowest BCUT2D eigenvalue weighted by Gasteiger charge is -2.06. The van der Waals surface area contributed by atoms with Gasteiger partial charge in [-0.25, -0.2) is 4.98 Å². The van der Waals surface area contributed by atoms with Crippen LogP contribution in [0.3, 0.4) is 0 Å². The fourth-order valence-corrected chi connectivity index (χ4v) is 2.78. The molecule has 1 aromatic carbocycles. The van der Waals surface area contributed by atoms with Crippen LogP contribution in [0.25, 0.3) is 0 Å². The molecule has 0 bridgehead atoms. The zero-order valence-electron chi connectivity index (χ0n) is 11.0. The van der Waals surface area contributed by atoms with E-state index in [1.54, 1.807) is 22.9 Å². The number of aryl methyl sites for hydroxylation is 2. The predicted molar refractivity (Wildman–Crippen MR) is 74.5 cm³/mol. The molecule has 0 atom stereocenters. The Balaban J connectivity index is 2.22. The van der Waals surface area contributed by atoms with Gasteiger partial charge in [0.25, 0.3) is 10.0 Å². The average molecular weight is 279 g/mol. The van der Waals surface area contributed by atoms with Crippen LogP contribution in [0, 0.1) is 6.92 Å². The van der Waals surface area contributed by atoms with E-state index in [-0.39, 0.29) is 5.03 Å². The van der Waals surface area contributed by atoms with E-state index in [0.717, 1.165) is 18.5 Å². The van der Waals surface area contributed by atoms with E-state index in [2.05, 4.69) is 9.71 Å². The highest BCUT2D eigenvalue weighted by Gasteiger charge is 2.17. The highest BCUT2D eigenvalue weighted by Crippen LogP contribution is 2.15. The molecule has 1 aromatic heterocycles. The topological polar surface area (TPSA) is 64.0 Å². The van der Waals surface area contributed by atoms with Crippen molar-refractivity contribution in [3.63, 3.8) is 0 Å². The lowest BCUT2D eigenvalue weighted by atomic mass is 10.2. The van der Waals surface area contributed by atoms with Crippen molar-refractivity contribution >= 4 is 15.7 Å². The molecule has 0 amide bonds. The second kappa shape index (κ2) is 5.44. The van der Waals surface area contributed by atoms with Crippen LogP contribution in [0.15, 0.2) is 41.8 Å². The summed E-state index contributed by atoms with van der Waals surface area (Å²) in [5.41, 5.74) is 1.54. The second-order valence-electron chi connectivity index (χ2n) is 4.42. The second-order valence-corrected chi connectivity index (χ2v) is 6.05. The van der Waals surface area contributed by atoms with Crippen molar-refractivity contribution < 1.29 is 8.42 Å². The summed E-state index contributed by atoms with van der Waals surface area (Å²) in [5.74, 6) is 0. The van der Waals surface area contributed by atoms with Gasteiger partial charge >= 0.3 is 0 Å². The number of hydrogen-bond acceptors (Lipinski definition) is 3.